The number of H-pyrrole nitrogens is 1. The molecule has 0 aliphatic rings. The molecule has 3 aromatic carbocycles. The van der Waals surface area contributed by atoms with E-state index < -0.39 is 51.7 Å². The zero-order chi connectivity index (χ0) is 32.1. The lowest BCUT2D eigenvalue weighted by Crippen LogP contribution is -2.18. The number of nitrogens with one attached hydrogen (secondary N) is 2. The van der Waals surface area contributed by atoms with Crippen molar-refractivity contribution in [1.29, 1.82) is 0 Å². The number of halogens is 8. The summed E-state index contributed by atoms with van der Waals surface area (Å²) in [6, 6.07) is 8.35. The minimum atomic E-state index is -5.33. The van der Waals surface area contributed by atoms with Crippen LogP contribution in [-0.2, 0) is 12.4 Å². The van der Waals surface area contributed by atoms with Gasteiger partial charge >= 0.3 is 12.4 Å². The number of rotatable bonds is 6. The first kappa shape index (κ1) is 30.9. The van der Waals surface area contributed by atoms with Crippen LogP contribution >= 0.6 is 11.6 Å². The van der Waals surface area contributed by atoms with Gasteiger partial charge in [0.1, 0.15) is 39.7 Å². The van der Waals surface area contributed by atoms with Gasteiger partial charge in [0.15, 0.2) is 5.75 Å². The van der Waals surface area contributed by atoms with Crippen molar-refractivity contribution in [3.8, 4) is 22.8 Å². The molecule has 6 nitrogen and oxygen atoms in total. The van der Waals surface area contributed by atoms with Gasteiger partial charge in [-0.25, -0.2) is 4.39 Å². The second-order valence-corrected chi connectivity index (χ2v) is 10.5. The second-order valence-electron chi connectivity index (χ2n) is 10.1. The summed E-state index contributed by atoms with van der Waals surface area (Å²) in [7, 11) is 0. The quantitative estimate of drug-likeness (QED) is 0.181. The fourth-order valence-corrected chi connectivity index (χ4v) is 4.93. The van der Waals surface area contributed by atoms with Gasteiger partial charge in [0.05, 0.1) is 5.02 Å². The van der Waals surface area contributed by atoms with Crippen molar-refractivity contribution in [2.75, 3.05) is 5.32 Å². The number of carbonyl (C=O) groups is 1. The molecule has 2 N–H and O–H groups in total. The number of ether oxygens (including phenoxy) is 1. The van der Waals surface area contributed by atoms with Gasteiger partial charge in [-0.05, 0) is 54.8 Å². The molecule has 0 saturated heterocycles. The largest absolute Gasteiger partial charge is 0.456 e. The first-order valence-corrected chi connectivity index (χ1v) is 13.3. The van der Waals surface area contributed by atoms with Crippen LogP contribution in [0, 0.1) is 12.7 Å². The fourth-order valence-electron chi connectivity index (χ4n) is 4.72. The first-order chi connectivity index (χ1) is 20.6. The van der Waals surface area contributed by atoms with Crippen LogP contribution < -0.4 is 10.1 Å². The highest BCUT2D eigenvalue weighted by atomic mass is 35.5. The Morgan fingerprint density at radius 2 is 1.68 bits per heavy atom. The number of benzene rings is 3. The molecule has 0 saturated carbocycles. The Morgan fingerprint density at radius 3 is 2.30 bits per heavy atom. The third-order valence-electron chi connectivity index (χ3n) is 6.78. The molecule has 2 heterocycles. The first-order valence-electron chi connectivity index (χ1n) is 12.9. The van der Waals surface area contributed by atoms with Gasteiger partial charge in [-0.1, -0.05) is 42.7 Å². The van der Waals surface area contributed by atoms with Crippen molar-refractivity contribution in [2.45, 2.75) is 39.0 Å². The minimum Gasteiger partial charge on any atom is -0.456 e. The number of aryl methyl sites for hydroxylation is 1. The number of hydrogen-bond donors (Lipinski definition) is 2. The van der Waals surface area contributed by atoms with Crippen LogP contribution in [-0.4, -0.2) is 16.0 Å². The third kappa shape index (κ3) is 5.83. The predicted octanol–water partition coefficient (Wildman–Crippen LogP) is 10.1. The molecule has 5 rings (SSSR count). The molecule has 0 atom stereocenters. The maximum Gasteiger partial charge on any atom is 0.420 e. The van der Waals surface area contributed by atoms with E-state index in [1.165, 1.54) is 37.3 Å². The number of anilines is 1. The van der Waals surface area contributed by atoms with E-state index in [2.05, 4.69) is 15.5 Å². The van der Waals surface area contributed by atoms with E-state index in [0.717, 1.165) is 11.6 Å². The highest BCUT2D eigenvalue weighted by molar-refractivity contribution is 6.33. The molecule has 0 bridgehead atoms. The third-order valence-corrected chi connectivity index (χ3v) is 7.17. The van der Waals surface area contributed by atoms with Gasteiger partial charge in [0.2, 0.25) is 0 Å². The van der Waals surface area contributed by atoms with Gasteiger partial charge < -0.3 is 19.6 Å². The normalized spacial score (nSPS) is 12.3. The molecule has 44 heavy (non-hydrogen) atoms. The topological polar surface area (TPSA) is 80.2 Å². The summed E-state index contributed by atoms with van der Waals surface area (Å²) in [4.78, 5) is 16.2. The molecule has 2 aromatic heterocycles. The van der Waals surface area contributed by atoms with E-state index in [1.807, 2.05) is 13.8 Å². The highest BCUT2D eigenvalue weighted by Gasteiger charge is 2.43. The Morgan fingerprint density at radius 1 is 1.02 bits per heavy atom. The average Bonchev–Trinajstić information content (AvgIpc) is 3.53. The molecule has 230 valence electrons. The summed E-state index contributed by atoms with van der Waals surface area (Å²) < 4.78 is 110. The van der Waals surface area contributed by atoms with E-state index in [9.17, 15) is 35.5 Å². The van der Waals surface area contributed by atoms with Gasteiger partial charge in [0.25, 0.3) is 5.91 Å². The molecule has 0 aliphatic heterocycles. The summed E-state index contributed by atoms with van der Waals surface area (Å²) in [5, 5.41) is 5.89. The zero-order valence-corrected chi connectivity index (χ0v) is 23.7. The molecule has 14 heteroatoms. The highest BCUT2D eigenvalue weighted by Crippen LogP contribution is 2.48. The Bertz CT molecular complexity index is 1860. The molecule has 1 amide bonds. The molecule has 0 aliphatic carbocycles. The van der Waals surface area contributed by atoms with Gasteiger partial charge in [-0.15, -0.1) is 0 Å². The zero-order valence-electron chi connectivity index (χ0n) is 23.0. The summed E-state index contributed by atoms with van der Waals surface area (Å²) in [5.74, 6) is -3.92. The average molecular weight is 640 g/mol. The molecular weight excluding hydrogens is 619 g/mol. The summed E-state index contributed by atoms with van der Waals surface area (Å²) in [5.41, 5.74) is -3.72. The number of aromatic nitrogens is 2. The Kier molecular flexibility index (Phi) is 7.87. The van der Waals surface area contributed by atoms with Crippen molar-refractivity contribution in [3.05, 3.63) is 93.6 Å². The lowest BCUT2D eigenvalue weighted by Gasteiger charge is -2.21. The van der Waals surface area contributed by atoms with E-state index in [-0.39, 0.29) is 34.2 Å². The number of amides is 1. The smallest absolute Gasteiger partial charge is 0.420 e. The van der Waals surface area contributed by atoms with Crippen molar-refractivity contribution >= 4 is 34.1 Å². The van der Waals surface area contributed by atoms with Crippen LogP contribution in [0.3, 0.4) is 0 Å². The SMILES string of the molecule is Cc1onc(-c2cccc(F)c2Cl)c1C(=O)Nc1cc(C(F)(F)F)c(Oc2ccc3[nH]cc(C(C)C)c3c2)c(C(F)(F)F)c1. The van der Waals surface area contributed by atoms with Crippen molar-refractivity contribution < 1.29 is 44.8 Å². The van der Waals surface area contributed by atoms with E-state index in [1.54, 1.807) is 6.20 Å². The fraction of sp³-hybridized carbons (Fsp3) is 0.200. The van der Waals surface area contributed by atoms with Crippen molar-refractivity contribution in [1.82, 2.24) is 10.1 Å². The van der Waals surface area contributed by atoms with E-state index >= 15 is 0 Å². The van der Waals surface area contributed by atoms with Crippen molar-refractivity contribution in [3.63, 3.8) is 0 Å². The Balaban J connectivity index is 1.59. The van der Waals surface area contributed by atoms with Gasteiger partial charge in [-0.3, -0.25) is 4.79 Å². The van der Waals surface area contributed by atoms with Crippen LogP contribution in [0.5, 0.6) is 11.5 Å². The van der Waals surface area contributed by atoms with Crippen LogP contribution in [0.4, 0.5) is 36.4 Å². The summed E-state index contributed by atoms with van der Waals surface area (Å²) >= 11 is 6.00. The molecule has 0 unspecified atom stereocenters. The number of hydrogen-bond acceptors (Lipinski definition) is 4. The number of carbonyl (C=O) groups excluding carboxylic acids is 1. The summed E-state index contributed by atoms with van der Waals surface area (Å²) in [6.07, 6.45) is -8.96. The molecule has 0 radical (unpaired) electrons. The summed E-state index contributed by atoms with van der Waals surface area (Å²) in [6.45, 7) is 5.04. The Labute approximate surface area is 249 Å². The lowest BCUT2D eigenvalue weighted by atomic mass is 10.0. The van der Waals surface area contributed by atoms with Crippen LogP contribution in [0.2, 0.25) is 5.02 Å². The van der Waals surface area contributed by atoms with Crippen LogP contribution in [0.1, 0.15) is 52.6 Å². The lowest BCUT2D eigenvalue weighted by molar-refractivity contribution is -0.144. The second kappa shape index (κ2) is 11.2. The number of alkyl halides is 6. The van der Waals surface area contributed by atoms with Crippen LogP contribution in [0.25, 0.3) is 22.2 Å². The maximum atomic E-state index is 14.3. The minimum absolute atomic E-state index is 0.00452. The number of fused-ring (bicyclic) bond motifs is 1. The molecule has 0 fully saturated rings. The van der Waals surface area contributed by atoms with E-state index in [0.29, 0.717) is 23.0 Å². The predicted molar refractivity (Wildman–Crippen MR) is 149 cm³/mol. The monoisotopic (exact) mass is 639 g/mol. The van der Waals surface area contributed by atoms with Crippen molar-refractivity contribution in [2.24, 2.45) is 0 Å². The van der Waals surface area contributed by atoms with Gasteiger partial charge in [0, 0.05) is 28.4 Å². The number of aromatic amines is 1. The van der Waals surface area contributed by atoms with Crippen LogP contribution in [0.15, 0.2) is 59.3 Å². The Hall–Kier alpha value is -4.52. The standard InChI is InChI=1S/C30H21ClF7N3O3/c1-13(2)19-12-39-23-8-7-16(11-18(19)23)43-27-20(29(33,34)35)9-15(10-21(27)30(36,37)38)40-28(42)24-14(3)44-41-26(24)17-5-4-6-22(32)25(17)31/h4-13,39H,1-3H3,(H,40,42). The van der Waals surface area contributed by atoms with Gasteiger partial charge in [-0.2, -0.15) is 26.3 Å². The molecular formula is C30H21ClF7N3O3. The van der Waals surface area contributed by atoms with E-state index in [4.69, 9.17) is 20.9 Å². The number of nitrogens with zero attached hydrogens (tertiary/aromatic N) is 1. The maximum absolute atomic E-state index is 14.3. The molecule has 5 aromatic rings. The molecule has 0 spiro atoms.